The van der Waals surface area contributed by atoms with Crippen molar-refractivity contribution in [3.63, 3.8) is 0 Å². The lowest BCUT2D eigenvalue weighted by molar-refractivity contribution is 0.102. The molecule has 0 aromatic heterocycles. The Morgan fingerprint density at radius 1 is 0.342 bits per heavy atom. The first-order chi connectivity index (χ1) is 18.7. The van der Waals surface area contributed by atoms with Crippen molar-refractivity contribution in [2.24, 2.45) is 0 Å². The predicted octanol–water partition coefficient (Wildman–Crippen LogP) is 7.95. The average Bonchev–Trinajstić information content (AvgIpc) is 2.96. The van der Waals surface area contributed by atoms with E-state index >= 15 is 0 Å². The summed E-state index contributed by atoms with van der Waals surface area (Å²) in [6, 6.07) is 40.6. The summed E-state index contributed by atoms with van der Waals surface area (Å²) in [6.45, 7) is 0. The first kappa shape index (κ1) is 22.4. The molecular formula is C36H24O2. The Labute approximate surface area is 221 Å². The summed E-state index contributed by atoms with van der Waals surface area (Å²) < 4.78 is 0. The van der Waals surface area contributed by atoms with Crippen LogP contribution < -0.4 is 0 Å². The Balaban J connectivity index is 0.000000140. The molecule has 0 N–H and O–H groups in total. The van der Waals surface area contributed by atoms with Crippen molar-refractivity contribution in [3.05, 3.63) is 166 Å². The van der Waals surface area contributed by atoms with E-state index in [-0.39, 0.29) is 11.6 Å². The minimum Gasteiger partial charge on any atom is -0.289 e. The van der Waals surface area contributed by atoms with Gasteiger partial charge >= 0.3 is 0 Å². The summed E-state index contributed by atoms with van der Waals surface area (Å²) >= 11 is 0. The summed E-state index contributed by atoms with van der Waals surface area (Å²) in [5.41, 5.74) is 7.97. The summed E-state index contributed by atoms with van der Waals surface area (Å²) in [5.74, 6) is 0.310. The molecule has 2 aliphatic rings. The van der Waals surface area contributed by atoms with Crippen LogP contribution in [0.15, 0.2) is 121 Å². The molecule has 2 aliphatic carbocycles. The summed E-state index contributed by atoms with van der Waals surface area (Å²) in [5, 5.41) is 4.65. The lowest BCUT2D eigenvalue weighted by Gasteiger charge is -2.20. The van der Waals surface area contributed by atoms with Crippen LogP contribution in [0, 0.1) is 0 Å². The fourth-order valence-electron chi connectivity index (χ4n) is 5.78. The minimum atomic E-state index is 0.151. The first-order valence-electron chi connectivity index (χ1n) is 12.9. The SMILES string of the molecule is O=C1c2cc3ccccc3cc2Cc2cc3ccccc3cc21.O=C1c2ccccc2Cc2ccccc21. The molecule has 0 heterocycles. The van der Waals surface area contributed by atoms with Crippen molar-refractivity contribution < 1.29 is 9.59 Å². The highest BCUT2D eigenvalue weighted by Crippen LogP contribution is 2.33. The van der Waals surface area contributed by atoms with Crippen molar-refractivity contribution in [1.82, 2.24) is 0 Å². The smallest absolute Gasteiger partial charge is 0.193 e. The summed E-state index contributed by atoms with van der Waals surface area (Å²) in [4.78, 5) is 25.1. The second-order valence-corrected chi connectivity index (χ2v) is 10.0. The van der Waals surface area contributed by atoms with E-state index in [1.165, 1.54) is 10.8 Å². The maximum Gasteiger partial charge on any atom is 0.193 e. The minimum absolute atomic E-state index is 0.151. The molecule has 0 aliphatic heterocycles. The maximum absolute atomic E-state index is 13.0. The van der Waals surface area contributed by atoms with Gasteiger partial charge in [-0.25, -0.2) is 0 Å². The fourth-order valence-corrected chi connectivity index (χ4v) is 5.78. The van der Waals surface area contributed by atoms with E-state index in [0.717, 1.165) is 68.1 Å². The highest BCUT2D eigenvalue weighted by Gasteiger charge is 2.24. The van der Waals surface area contributed by atoms with Gasteiger partial charge in [-0.3, -0.25) is 9.59 Å². The molecule has 38 heavy (non-hydrogen) atoms. The molecule has 0 radical (unpaired) electrons. The van der Waals surface area contributed by atoms with Crippen LogP contribution in [0.5, 0.6) is 0 Å². The van der Waals surface area contributed by atoms with Crippen LogP contribution in [0.25, 0.3) is 21.5 Å². The first-order valence-corrected chi connectivity index (χ1v) is 12.9. The van der Waals surface area contributed by atoms with Gasteiger partial charge < -0.3 is 0 Å². The van der Waals surface area contributed by atoms with Gasteiger partial charge in [0.1, 0.15) is 0 Å². The third kappa shape index (κ3) is 3.74. The van der Waals surface area contributed by atoms with Crippen molar-refractivity contribution in [1.29, 1.82) is 0 Å². The van der Waals surface area contributed by atoms with E-state index in [4.69, 9.17) is 0 Å². The molecule has 0 spiro atoms. The molecule has 0 bridgehead atoms. The molecular weight excluding hydrogens is 464 g/mol. The highest BCUT2D eigenvalue weighted by atomic mass is 16.1. The second-order valence-electron chi connectivity index (χ2n) is 10.0. The molecule has 6 aromatic rings. The van der Waals surface area contributed by atoms with Crippen molar-refractivity contribution >= 4 is 33.1 Å². The van der Waals surface area contributed by atoms with Crippen LogP contribution in [0.4, 0.5) is 0 Å². The summed E-state index contributed by atoms with van der Waals surface area (Å²) in [6.07, 6.45) is 1.70. The number of hydrogen-bond donors (Lipinski definition) is 0. The molecule has 0 amide bonds. The van der Waals surface area contributed by atoms with Gasteiger partial charge in [-0.1, -0.05) is 109 Å². The lowest BCUT2D eigenvalue weighted by Crippen LogP contribution is -2.15. The van der Waals surface area contributed by atoms with Crippen LogP contribution in [-0.2, 0) is 12.8 Å². The number of carbonyl (C=O) groups is 2. The van der Waals surface area contributed by atoms with Gasteiger partial charge in [0.25, 0.3) is 0 Å². The molecule has 0 saturated heterocycles. The molecule has 180 valence electrons. The number of fused-ring (bicyclic) bond motifs is 6. The highest BCUT2D eigenvalue weighted by molar-refractivity contribution is 6.15. The topological polar surface area (TPSA) is 34.1 Å². The van der Waals surface area contributed by atoms with Crippen molar-refractivity contribution in [2.45, 2.75) is 12.8 Å². The molecule has 2 nitrogen and oxygen atoms in total. The van der Waals surface area contributed by atoms with Crippen LogP contribution in [0.3, 0.4) is 0 Å². The van der Waals surface area contributed by atoms with Crippen LogP contribution in [0.1, 0.15) is 54.1 Å². The molecule has 2 heteroatoms. The normalized spacial score (nSPS) is 13.2. The fraction of sp³-hybridized carbons (Fsp3) is 0.0556. The van der Waals surface area contributed by atoms with Crippen molar-refractivity contribution in [2.75, 3.05) is 0 Å². The average molecular weight is 489 g/mol. The van der Waals surface area contributed by atoms with E-state index in [9.17, 15) is 9.59 Å². The largest absolute Gasteiger partial charge is 0.289 e. The van der Waals surface area contributed by atoms with Crippen LogP contribution in [-0.4, -0.2) is 11.6 Å². The third-order valence-electron chi connectivity index (χ3n) is 7.72. The Hall–Kier alpha value is -4.82. The molecule has 0 saturated carbocycles. The molecule has 0 fully saturated rings. The standard InChI is InChI=1S/C22H14O.C14H10O/c23-22-20-12-16-7-3-1-5-14(16)9-18(20)11-19-10-15-6-2-4-8-17(15)13-21(19)22;15-14-12-7-3-1-5-10(12)9-11-6-2-4-8-13(11)14/h1-10,12-13H,11H2;1-8H,9H2. The Morgan fingerprint density at radius 2 is 0.684 bits per heavy atom. The van der Waals surface area contributed by atoms with E-state index in [1.54, 1.807) is 0 Å². The number of rotatable bonds is 0. The van der Waals surface area contributed by atoms with Gasteiger partial charge in [0.05, 0.1) is 0 Å². The molecule has 0 atom stereocenters. The Kier molecular flexibility index (Phi) is 5.26. The molecule has 8 rings (SSSR count). The number of hydrogen-bond acceptors (Lipinski definition) is 2. The van der Waals surface area contributed by atoms with E-state index in [1.807, 2.05) is 84.9 Å². The maximum atomic E-state index is 13.0. The number of ketones is 2. The number of benzene rings is 6. The summed E-state index contributed by atoms with van der Waals surface area (Å²) in [7, 11) is 0. The zero-order chi connectivity index (χ0) is 25.6. The van der Waals surface area contributed by atoms with Gasteiger partial charge in [-0.15, -0.1) is 0 Å². The van der Waals surface area contributed by atoms with Gasteiger partial charge in [-0.05, 0) is 68.8 Å². The Morgan fingerprint density at radius 3 is 1.16 bits per heavy atom. The van der Waals surface area contributed by atoms with Crippen LogP contribution in [0.2, 0.25) is 0 Å². The van der Waals surface area contributed by atoms with Crippen molar-refractivity contribution in [3.8, 4) is 0 Å². The van der Waals surface area contributed by atoms with Gasteiger partial charge in [0.15, 0.2) is 11.6 Å². The van der Waals surface area contributed by atoms with Gasteiger partial charge in [0.2, 0.25) is 0 Å². The van der Waals surface area contributed by atoms with E-state index in [0.29, 0.717) is 0 Å². The zero-order valence-corrected chi connectivity index (χ0v) is 20.8. The van der Waals surface area contributed by atoms with Gasteiger partial charge in [-0.2, -0.15) is 0 Å². The lowest BCUT2D eigenvalue weighted by atomic mass is 9.82. The molecule has 6 aromatic carbocycles. The van der Waals surface area contributed by atoms with Crippen LogP contribution >= 0.6 is 0 Å². The predicted molar refractivity (Wildman–Crippen MR) is 153 cm³/mol. The zero-order valence-electron chi connectivity index (χ0n) is 20.8. The Bertz CT molecular complexity index is 1780. The second kappa shape index (κ2) is 8.93. The molecule has 0 unspecified atom stereocenters. The quantitative estimate of drug-likeness (QED) is 0.217. The van der Waals surface area contributed by atoms with E-state index < -0.39 is 0 Å². The van der Waals surface area contributed by atoms with E-state index in [2.05, 4.69) is 36.4 Å². The third-order valence-corrected chi connectivity index (χ3v) is 7.72. The number of carbonyl (C=O) groups excluding carboxylic acids is 2. The monoisotopic (exact) mass is 488 g/mol. The van der Waals surface area contributed by atoms with Gasteiger partial charge in [0, 0.05) is 22.3 Å².